The van der Waals surface area contributed by atoms with E-state index in [9.17, 15) is 9.90 Å². The van der Waals surface area contributed by atoms with E-state index < -0.39 is 0 Å². The highest BCUT2D eigenvalue weighted by molar-refractivity contribution is 5.82. The standard InChI is InChI=1S/C18H29NO2/c1-3-5-7-12-17(20)14-19(4-2)15-18(21)13-16-10-8-6-9-11-16/h6,8-11,17,20H,3-5,7,12-15H2,1-2H3. The van der Waals surface area contributed by atoms with E-state index in [4.69, 9.17) is 0 Å². The fourth-order valence-corrected chi connectivity index (χ4v) is 2.45. The van der Waals surface area contributed by atoms with Gasteiger partial charge in [0.25, 0.3) is 0 Å². The van der Waals surface area contributed by atoms with Crippen molar-refractivity contribution >= 4 is 5.78 Å². The molecule has 1 aromatic rings. The molecule has 0 fully saturated rings. The normalized spacial score (nSPS) is 12.6. The maximum absolute atomic E-state index is 12.1. The first-order valence-electron chi connectivity index (χ1n) is 8.11. The van der Waals surface area contributed by atoms with E-state index in [-0.39, 0.29) is 11.9 Å². The summed E-state index contributed by atoms with van der Waals surface area (Å²) in [5.74, 6) is 0.212. The van der Waals surface area contributed by atoms with Crippen LogP contribution in [-0.4, -0.2) is 41.5 Å². The quantitative estimate of drug-likeness (QED) is 0.637. The van der Waals surface area contributed by atoms with Gasteiger partial charge in [-0.3, -0.25) is 9.69 Å². The van der Waals surface area contributed by atoms with Crippen LogP contribution >= 0.6 is 0 Å². The Hall–Kier alpha value is -1.19. The Morgan fingerprint density at radius 1 is 1.19 bits per heavy atom. The van der Waals surface area contributed by atoms with Gasteiger partial charge in [-0.05, 0) is 18.5 Å². The van der Waals surface area contributed by atoms with Gasteiger partial charge in [-0.15, -0.1) is 0 Å². The molecule has 0 saturated heterocycles. The van der Waals surface area contributed by atoms with E-state index in [1.807, 2.05) is 42.2 Å². The predicted molar refractivity (Wildman–Crippen MR) is 87.4 cm³/mol. The minimum atomic E-state index is -0.318. The summed E-state index contributed by atoms with van der Waals surface area (Å²) in [6.45, 7) is 6.02. The highest BCUT2D eigenvalue weighted by Crippen LogP contribution is 2.06. The zero-order valence-corrected chi connectivity index (χ0v) is 13.4. The molecule has 21 heavy (non-hydrogen) atoms. The van der Waals surface area contributed by atoms with Gasteiger partial charge in [-0.25, -0.2) is 0 Å². The second-order valence-corrected chi connectivity index (χ2v) is 5.68. The van der Waals surface area contributed by atoms with Gasteiger partial charge in [-0.1, -0.05) is 63.4 Å². The average molecular weight is 291 g/mol. The molecule has 1 unspecified atom stereocenters. The third kappa shape index (κ3) is 7.98. The Morgan fingerprint density at radius 2 is 1.90 bits per heavy atom. The van der Waals surface area contributed by atoms with Crippen LogP contribution < -0.4 is 0 Å². The third-order valence-electron chi connectivity index (χ3n) is 3.70. The Kier molecular flexibility index (Phi) is 8.95. The fraction of sp³-hybridized carbons (Fsp3) is 0.611. The van der Waals surface area contributed by atoms with Crippen LogP contribution in [0.1, 0.15) is 45.1 Å². The molecule has 0 spiro atoms. The van der Waals surface area contributed by atoms with Gasteiger partial charge in [0.15, 0.2) is 5.78 Å². The fourth-order valence-electron chi connectivity index (χ4n) is 2.45. The van der Waals surface area contributed by atoms with E-state index in [0.717, 1.165) is 31.4 Å². The summed E-state index contributed by atoms with van der Waals surface area (Å²) < 4.78 is 0. The van der Waals surface area contributed by atoms with Gasteiger partial charge in [0.1, 0.15) is 0 Å². The van der Waals surface area contributed by atoms with Crippen molar-refractivity contribution < 1.29 is 9.90 Å². The number of carbonyl (C=O) groups excluding carboxylic acids is 1. The van der Waals surface area contributed by atoms with Crippen LogP contribution in [0.15, 0.2) is 30.3 Å². The Morgan fingerprint density at radius 3 is 2.52 bits per heavy atom. The van der Waals surface area contributed by atoms with Gasteiger partial charge >= 0.3 is 0 Å². The summed E-state index contributed by atoms with van der Waals surface area (Å²) >= 11 is 0. The molecule has 0 heterocycles. The van der Waals surface area contributed by atoms with Gasteiger partial charge in [0.2, 0.25) is 0 Å². The van der Waals surface area contributed by atoms with Crippen molar-refractivity contribution in [2.45, 2.75) is 52.1 Å². The van der Waals surface area contributed by atoms with E-state index in [2.05, 4.69) is 6.92 Å². The number of likely N-dealkylation sites (N-methyl/N-ethyl adjacent to an activating group) is 1. The van der Waals surface area contributed by atoms with Gasteiger partial charge in [-0.2, -0.15) is 0 Å². The molecule has 0 aliphatic heterocycles. The summed E-state index contributed by atoms with van der Waals surface area (Å²) in [4.78, 5) is 14.1. The molecule has 118 valence electrons. The molecule has 0 saturated carbocycles. The molecular formula is C18H29NO2. The van der Waals surface area contributed by atoms with Crippen LogP contribution in [0, 0.1) is 0 Å². The highest BCUT2D eigenvalue weighted by atomic mass is 16.3. The summed E-state index contributed by atoms with van der Waals surface area (Å²) in [6.07, 6.45) is 4.38. The van der Waals surface area contributed by atoms with E-state index in [1.165, 1.54) is 6.42 Å². The number of unbranched alkanes of at least 4 members (excludes halogenated alkanes) is 2. The van der Waals surface area contributed by atoms with Crippen LogP contribution in [0.25, 0.3) is 0 Å². The Balaban J connectivity index is 2.33. The van der Waals surface area contributed by atoms with Crippen molar-refractivity contribution in [3.8, 4) is 0 Å². The lowest BCUT2D eigenvalue weighted by atomic mass is 10.1. The maximum atomic E-state index is 12.1. The molecule has 3 heteroatoms. The van der Waals surface area contributed by atoms with E-state index in [0.29, 0.717) is 19.5 Å². The third-order valence-corrected chi connectivity index (χ3v) is 3.70. The number of hydrogen-bond donors (Lipinski definition) is 1. The first kappa shape index (κ1) is 17.9. The van der Waals surface area contributed by atoms with Crippen molar-refractivity contribution in [1.82, 2.24) is 4.90 Å². The molecule has 1 atom stereocenters. The molecule has 0 amide bonds. The number of aliphatic hydroxyl groups is 1. The monoisotopic (exact) mass is 291 g/mol. The number of hydrogen-bond acceptors (Lipinski definition) is 3. The lowest BCUT2D eigenvalue weighted by Crippen LogP contribution is -2.36. The molecule has 0 bridgehead atoms. The zero-order valence-electron chi connectivity index (χ0n) is 13.4. The molecule has 0 aromatic heterocycles. The zero-order chi connectivity index (χ0) is 15.5. The number of nitrogens with zero attached hydrogens (tertiary/aromatic N) is 1. The maximum Gasteiger partial charge on any atom is 0.151 e. The molecule has 1 aromatic carbocycles. The molecule has 0 radical (unpaired) electrons. The van der Waals surface area contributed by atoms with E-state index in [1.54, 1.807) is 0 Å². The summed E-state index contributed by atoms with van der Waals surface area (Å²) in [5.41, 5.74) is 1.06. The number of ketones is 1. The van der Waals surface area contributed by atoms with E-state index >= 15 is 0 Å². The van der Waals surface area contributed by atoms with Crippen LogP contribution in [0.4, 0.5) is 0 Å². The molecule has 1 rings (SSSR count). The summed E-state index contributed by atoms with van der Waals surface area (Å²) in [5, 5.41) is 10.0. The number of benzene rings is 1. The lowest BCUT2D eigenvalue weighted by Gasteiger charge is -2.23. The number of carbonyl (C=O) groups is 1. The highest BCUT2D eigenvalue weighted by Gasteiger charge is 2.13. The number of aliphatic hydroxyl groups excluding tert-OH is 1. The van der Waals surface area contributed by atoms with Crippen LogP contribution in [0.3, 0.4) is 0 Å². The van der Waals surface area contributed by atoms with Crippen molar-refractivity contribution in [3.05, 3.63) is 35.9 Å². The van der Waals surface area contributed by atoms with Crippen molar-refractivity contribution in [2.24, 2.45) is 0 Å². The Bertz CT molecular complexity index is 391. The van der Waals surface area contributed by atoms with Crippen molar-refractivity contribution in [1.29, 1.82) is 0 Å². The van der Waals surface area contributed by atoms with Gasteiger partial charge in [0, 0.05) is 13.0 Å². The summed E-state index contributed by atoms with van der Waals surface area (Å²) in [6, 6.07) is 9.83. The largest absolute Gasteiger partial charge is 0.392 e. The smallest absolute Gasteiger partial charge is 0.151 e. The second kappa shape index (κ2) is 10.5. The average Bonchev–Trinajstić information content (AvgIpc) is 2.47. The Labute approximate surface area is 129 Å². The second-order valence-electron chi connectivity index (χ2n) is 5.68. The molecule has 1 N–H and O–H groups in total. The van der Waals surface area contributed by atoms with Crippen molar-refractivity contribution in [2.75, 3.05) is 19.6 Å². The van der Waals surface area contributed by atoms with Gasteiger partial charge in [0.05, 0.1) is 12.6 Å². The predicted octanol–water partition coefficient (Wildman–Crippen LogP) is 3.06. The lowest BCUT2D eigenvalue weighted by molar-refractivity contribution is -0.119. The first-order chi connectivity index (χ1) is 10.2. The SMILES string of the molecule is CCCCCC(O)CN(CC)CC(=O)Cc1ccccc1. The van der Waals surface area contributed by atoms with Crippen molar-refractivity contribution in [3.63, 3.8) is 0 Å². The van der Waals surface area contributed by atoms with Crippen LogP contribution in [-0.2, 0) is 11.2 Å². The minimum Gasteiger partial charge on any atom is -0.392 e. The molecule has 3 nitrogen and oxygen atoms in total. The number of rotatable bonds is 11. The van der Waals surface area contributed by atoms with Crippen LogP contribution in [0.5, 0.6) is 0 Å². The van der Waals surface area contributed by atoms with Gasteiger partial charge < -0.3 is 5.11 Å². The summed E-state index contributed by atoms with van der Waals surface area (Å²) in [7, 11) is 0. The topological polar surface area (TPSA) is 40.5 Å². The molecule has 0 aliphatic rings. The molecule has 0 aliphatic carbocycles. The minimum absolute atomic E-state index is 0.212. The first-order valence-corrected chi connectivity index (χ1v) is 8.11. The van der Waals surface area contributed by atoms with Crippen LogP contribution in [0.2, 0.25) is 0 Å². The molecular weight excluding hydrogens is 262 g/mol. The number of Topliss-reactive ketones (excluding diaryl/α,β-unsaturated/α-hetero) is 1.